The van der Waals surface area contributed by atoms with E-state index in [9.17, 15) is 0 Å². The van der Waals surface area contributed by atoms with Crippen molar-refractivity contribution in [2.75, 3.05) is 13.2 Å². The lowest BCUT2D eigenvalue weighted by molar-refractivity contribution is 0.00544. The van der Waals surface area contributed by atoms with Crippen LogP contribution in [0.5, 0.6) is 0 Å². The fourth-order valence-corrected chi connectivity index (χ4v) is 1.04. The smallest absolute Gasteiger partial charge is 0.102 e. The molecule has 0 amide bonds. The van der Waals surface area contributed by atoms with E-state index in [1.807, 2.05) is 20.1 Å². The summed E-state index contributed by atoms with van der Waals surface area (Å²) in [7, 11) is 0. The predicted molar refractivity (Wildman–Crippen MR) is 44.4 cm³/mol. The molecule has 11 heavy (non-hydrogen) atoms. The number of ether oxygens (including phenoxy) is 2. The lowest BCUT2D eigenvalue weighted by Crippen LogP contribution is -2.21. The summed E-state index contributed by atoms with van der Waals surface area (Å²) in [6, 6.07) is 0. The summed E-state index contributed by atoms with van der Waals surface area (Å²) >= 11 is 0. The lowest BCUT2D eigenvalue weighted by Gasteiger charge is -2.21. The summed E-state index contributed by atoms with van der Waals surface area (Å²) in [6.45, 7) is 5.78. The Morgan fingerprint density at radius 2 is 2.00 bits per heavy atom. The van der Waals surface area contributed by atoms with Gasteiger partial charge in [-0.05, 0) is 19.4 Å². The lowest BCUT2D eigenvalue weighted by atomic mass is 10.2. The molecule has 0 N–H and O–H groups in total. The van der Waals surface area contributed by atoms with E-state index in [2.05, 4.69) is 0 Å². The first kappa shape index (κ1) is 8.60. The minimum absolute atomic E-state index is 0.388. The van der Waals surface area contributed by atoms with Crippen molar-refractivity contribution in [1.29, 1.82) is 0 Å². The standard InChI is InChI=1S/C9H16O2/c1-8(2)7-11-9-3-5-10-6-4-9/h7,9H,3-6H2,1-2H3. The van der Waals surface area contributed by atoms with Crippen molar-refractivity contribution in [3.8, 4) is 0 Å². The van der Waals surface area contributed by atoms with Crippen LogP contribution in [0.4, 0.5) is 0 Å². The molecule has 0 bridgehead atoms. The summed E-state index contributed by atoms with van der Waals surface area (Å²) in [6.07, 6.45) is 4.29. The molecule has 1 fully saturated rings. The molecule has 64 valence electrons. The Kier molecular flexibility index (Phi) is 3.43. The molecule has 0 saturated carbocycles. The minimum atomic E-state index is 0.388. The van der Waals surface area contributed by atoms with E-state index in [1.165, 1.54) is 5.57 Å². The van der Waals surface area contributed by atoms with E-state index in [0.717, 1.165) is 26.1 Å². The fraction of sp³-hybridized carbons (Fsp3) is 0.778. The molecule has 1 heterocycles. The average Bonchev–Trinajstić information content (AvgIpc) is 2.03. The molecule has 0 aromatic heterocycles. The molecule has 1 aliphatic rings. The van der Waals surface area contributed by atoms with Crippen LogP contribution in [0.1, 0.15) is 26.7 Å². The Bertz CT molecular complexity index is 130. The largest absolute Gasteiger partial charge is 0.498 e. The molecule has 0 atom stereocenters. The highest BCUT2D eigenvalue weighted by atomic mass is 16.5. The highest BCUT2D eigenvalue weighted by Crippen LogP contribution is 2.11. The van der Waals surface area contributed by atoms with Crippen LogP contribution in [0.3, 0.4) is 0 Å². The minimum Gasteiger partial charge on any atom is -0.498 e. The zero-order valence-electron chi connectivity index (χ0n) is 7.30. The van der Waals surface area contributed by atoms with Gasteiger partial charge >= 0.3 is 0 Å². The zero-order chi connectivity index (χ0) is 8.10. The monoisotopic (exact) mass is 156 g/mol. The van der Waals surface area contributed by atoms with Gasteiger partial charge in [0.05, 0.1) is 19.5 Å². The quantitative estimate of drug-likeness (QED) is 0.570. The maximum absolute atomic E-state index is 5.50. The Labute approximate surface area is 68.2 Å². The Morgan fingerprint density at radius 3 is 2.55 bits per heavy atom. The molecule has 1 aliphatic heterocycles. The van der Waals surface area contributed by atoms with Gasteiger partial charge in [0.15, 0.2) is 0 Å². The third kappa shape index (κ3) is 3.42. The average molecular weight is 156 g/mol. The van der Waals surface area contributed by atoms with Crippen molar-refractivity contribution in [2.24, 2.45) is 0 Å². The van der Waals surface area contributed by atoms with Crippen molar-refractivity contribution >= 4 is 0 Å². The second-order valence-corrected chi connectivity index (χ2v) is 3.14. The van der Waals surface area contributed by atoms with Crippen LogP contribution in [0.2, 0.25) is 0 Å². The molecule has 1 rings (SSSR count). The van der Waals surface area contributed by atoms with Gasteiger partial charge < -0.3 is 9.47 Å². The highest BCUT2D eigenvalue weighted by Gasteiger charge is 2.12. The topological polar surface area (TPSA) is 18.5 Å². The summed E-state index contributed by atoms with van der Waals surface area (Å²) in [5.74, 6) is 0. The third-order valence-corrected chi connectivity index (χ3v) is 1.66. The van der Waals surface area contributed by atoms with Gasteiger partial charge in [-0.3, -0.25) is 0 Å². The maximum Gasteiger partial charge on any atom is 0.102 e. The van der Waals surface area contributed by atoms with Crippen LogP contribution < -0.4 is 0 Å². The summed E-state index contributed by atoms with van der Waals surface area (Å²) in [5.41, 5.74) is 1.22. The SMILES string of the molecule is CC(C)=COC1CCOCC1. The van der Waals surface area contributed by atoms with Crippen molar-refractivity contribution in [3.05, 3.63) is 11.8 Å². The Balaban J connectivity index is 2.19. The van der Waals surface area contributed by atoms with Gasteiger partial charge in [-0.15, -0.1) is 0 Å². The van der Waals surface area contributed by atoms with E-state index in [0.29, 0.717) is 6.10 Å². The number of rotatable bonds is 2. The van der Waals surface area contributed by atoms with Gasteiger partial charge in [-0.1, -0.05) is 0 Å². The summed E-state index contributed by atoms with van der Waals surface area (Å²) < 4.78 is 10.7. The summed E-state index contributed by atoms with van der Waals surface area (Å²) in [4.78, 5) is 0. The van der Waals surface area contributed by atoms with Gasteiger partial charge in [0.1, 0.15) is 6.10 Å². The van der Waals surface area contributed by atoms with Gasteiger partial charge in [-0.25, -0.2) is 0 Å². The number of hydrogen-bond donors (Lipinski definition) is 0. The van der Waals surface area contributed by atoms with Crippen LogP contribution in [-0.4, -0.2) is 19.3 Å². The molecule has 2 heteroatoms. The third-order valence-electron chi connectivity index (χ3n) is 1.66. The highest BCUT2D eigenvalue weighted by molar-refractivity contribution is 4.87. The second-order valence-electron chi connectivity index (χ2n) is 3.14. The normalized spacial score (nSPS) is 19.5. The summed E-state index contributed by atoms with van der Waals surface area (Å²) in [5, 5.41) is 0. The van der Waals surface area contributed by atoms with Crippen molar-refractivity contribution in [3.63, 3.8) is 0 Å². The number of allylic oxidation sites excluding steroid dienone is 1. The van der Waals surface area contributed by atoms with Crippen LogP contribution in [-0.2, 0) is 9.47 Å². The van der Waals surface area contributed by atoms with E-state index < -0.39 is 0 Å². The molecular weight excluding hydrogens is 140 g/mol. The molecule has 1 saturated heterocycles. The molecule has 0 aromatic rings. The molecule has 0 unspecified atom stereocenters. The zero-order valence-corrected chi connectivity index (χ0v) is 7.30. The van der Waals surface area contributed by atoms with Gasteiger partial charge in [0.25, 0.3) is 0 Å². The second kappa shape index (κ2) is 4.39. The molecule has 0 aromatic carbocycles. The molecule has 0 spiro atoms. The van der Waals surface area contributed by atoms with Crippen LogP contribution in [0, 0.1) is 0 Å². The molecule has 2 nitrogen and oxygen atoms in total. The molecule has 0 aliphatic carbocycles. The van der Waals surface area contributed by atoms with Gasteiger partial charge in [0, 0.05) is 12.8 Å². The molecular formula is C9H16O2. The molecule has 0 radical (unpaired) electrons. The Hall–Kier alpha value is -0.500. The maximum atomic E-state index is 5.50. The van der Waals surface area contributed by atoms with Crippen molar-refractivity contribution in [2.45, 2.75) is 32.8 Å². The van der Waals surface area contributed by atoms with Gasteiger partial charge in [0.2, 0.25) is 0 Å². The van der Waals surface area contributed by atoms with Crippen LogP contribution >= 0.6 is 0 Å². The van der Waals surface area contributed by atoms with Crippen molar-refractivity contribution in [1.82, 2.24) is 0 Å². The van der Waals surface area contributed by atoms with E-state index in [-0.39, 0.29) is 0 Å². The fourth-order valence-electron chi connectivity index (χ4n) is 1.04. The first-order chi connectivity index (χ1) is 5.29. The first-order valence-corrected chi connectivity index (χ1v) is 4.15. The van der Waals surface area contributed by atoms with Gasteiger partial charge in [-0.2, -0.15) is 0 Å². The number of hydrogen-bond acceptors (Lipinski definition) is 2. The van der Waals surface area contributed by atoms with Crippen LogP contribution in [0.15, 0.2) is 11.8 Å². The van der Waals surface area contributed by atoms with E-state index >= 15 is 0 Å². The van der Waals surface area contributed by atoms with E-state index in [1.54, 1.807) is 0 Å². The van der Waals surface area contributed by atoms with Crippen molar-refractivity contribution < 1.29 is 9.47 Å². The predicted octanol–water partition coefficient (Wildman–Crippen LogP) is 2.11. The first-order valence-electron chi connectivity index (χ1n) is 4.15. The van der Waals surface area contributed by atoms with Crippen LogP contribution in [0.25, 0.3) is 0 Å². The Morgan fingerprint density at radius 1 is 1.36 bits per heavy atom. The van der Waals surface area contributed by atoms with E-state index in [4.69, 9.17) is 9.47 Å².